The van der Waals surface area contributed by atoms with Crippen molar-refractivity contribution in [2.75, 3.05) is 20.3 Å². The molecule has 3 aliphatic carbocycles. The summed E-state index contributed by atoms with van der Waals surface area (Å²) in [7, 11) is 1.34. The molecule has 5 nitrogen and oxygen atoms in total. The van der Waals surface area contributed by atoms with E-state index in [4.69, 9.17) is 4.74 Å². The summed E-state index contributed by atoms with van der Waals surface area (Å²) in [6.45, 7) is 2.02. The maximum absolute atomic E-state index is 12.0. The average Bonchev–Trinajstić information content (AvgIpc) is 2.96. The van der Waals surface area contributed by atoms with Crippen molar-refractivity contribution in [1.29, 1.82) is 0 Å². The molecule has 3 N–H and O–H groups in total. The second-order valence-corrected chi connectivity index (χ2v) is 7.10. The third-order valence-corrected chi connectivity index (χ3v) is 6.61. The van der Waals surface area contributed by atoms with E-state index in [0.717, 1.165) is 12.8 Å². The molecule has 1 spiro atoms. The number of rotatable bonds is 3. The third-order valence-electron chi connectivity index (χ3n) is 6.61. The summed E-state index contributed by atoms with van der Waals surface area (Å²) in [5.74, 6) is -0.388. The van der Waals surface area contributed by atoms with Crippen LogP contribution in [0.15, 0.2) is 11.6 Å². The molecule has 0 radical (unpaired) electrons. The standard InChI is InChI=1S/C16H24O5/c1-15(8-18)11-6-16(9(7-17)3-4-12(15)16)13(19)5-10(11)14(20)21-2/h5,9,11-13,17-19H,3-4,6-8H2,1-2H3. The Morgan fingerprint density at radius 2 is 2.14 bits per heavy atom. The van der Waals surface area contributed by atoms with E-state index in [1.54, 1.807) is 6.08 Å². The molecule has 0 amide bonds. The Morgan fingerprint density at radius 3 is 2.71 bits per heavy atom. The predicted octanol–water partition coefficient (Wildman–Crippen LogP) is 0.484. The van der Waals surface area contributed by atoms with E-state index in [-0.39, 0.29) is 31.0 Å². The zero-order valence-electron chi connectivity index (χ0n) is 12.6. The average molecular weight is 296 g/mol. The highest BCUT2D eigenvalue weighted by molar-refractivity contribution is 5.89. The van der Waals surface area contributed by atoms with E-state index >= 15 is 0 Å². The van der Waals surface area contributed by atoms with Crippen LogP contribution >= 0.6 is 0 Å². The Labute approximate surface area is 124 Å². The van der Waals surface area contributed by atoms with Gasteiger partial charge in [-0.1, -0.05) is 6.92 Å². The molecule has 0 aliphatic heterocycles. The minimum atomic E-state index is -0.763. The Morgan fingerprint density at radius 1 is 1.43 bits per heavy atom. The number of carbonyl (C=O) groups is 1. The van der Waals surface area contributed by atoms with Crippen LogP contribution in [0.2, 0.25) is 0 Å². The fourth-order valence-electron chi connectivity index (χ4n) is 5.56. The van der Waals surface area contributed by atoms with Gasteiger partial charge in [-0.05, 0) is 43.1 Å². The molecule has 0 aromatic carbocycles. The number of hydrogen-bond acceptors (Lipinski definition) is 5. The molecule has 0 saturated heterocycles. The van der Waals surface area contributed by atoms with Gasteiger partial charge in [0.1, 0.15) is 0 Å². The van der Waals surface area contributed by atoms with E-state index in [9.17, 15) is 20.1 Å². The van der Waals surface area contributed by atoms with E-state index in [2.05, 4.69) is 0 Å². The van der Waals surface area contributed by atoms with Crippen molar-refractivity contribution in [2.24, 2.45) is 28.6 Å². The first-order valence-corrected chi connectivity index (χ1v) is 7.65. The number of methoxy groups -OCH3 is 1. The van der Waals surface area contributed by atoms with Gasteiger partial charge in [0, 0.05) is 29.6 Å². The molecule has 0 aromatic rings. The molecule has 2 bridgehead atoms. The molecule has 3 rings (SSSR count). The predicted molar refractivity (Wildman–Crippen MR) is 75.1 cm³/mol. The zero-order chi connectivity index (χ0) is 15.4. The molecule has 2 saturated carbocycles. The fraction of sp³-hybridized carbons (Fsp3) is 0.812. The maximum Gasteiger partial charge on any atom is 0.333 e. The van der Waals surface area contributed by atoms with E-state index in [1.165, 1.54) is 7.11 Å². The van der Waals surface area contributed by atoms with E-state index in [0.29, 0.717) is 12.0 Å². The lowest BCUT2D eigenvalue weighted by molar-refractivity contribution is -0.137. The number of aliphatic hydroxyl groups excluding tert-OH is 3. The van der Waals surface area contributed by atoms with Crippen molar-refractivity contribution in [3.63, 3.8) is 0 Å². The van der Waals surface area contributed by atoms with Crippen molar-refractivity contribution >= 4 is 5.97 Å². The molecule has 6 atom stereocenters. The first kappa shape index (κ1) is 15.0. The summed E-state index contributed by atoms with van der Waals surface area (Å²) in [5, 5.41) is 30.4. The molecule has 2 fully saturated rings. The molecule has 3 aliphatic rings. The number of esters is 1. The Balaban J connectivity index is 2.12. The number of fused-ring (bicyclic) bond motifs is 1. The van der Waals surface area contributed by atoms with Crippen LogP contribution in [0.5, 0.6) is 0 Å². The summed E-state index contributed by atoms with van der Waals surface area (Å²) < 4.78 is 4.85. The van der Waals surface area contributed by atoms with Gasteiger partial charge in [-0.3, -0.25) is 0 Å². The van der Waals surface area contributed by atoms with Crippen molar-refractivity contribution < 1.29 is 24.9 Å². The summed E-state index contributed by atoms with van der Waals surface area (Å²) in [6.07, 6.45) is 3.23. The van der Waals surface area contributed by atoms with Gasteiger partial charge in [-0.15, -0.1) is 0 Å². The van der Waals surface area contributed by atoms with Crippen LogP contribution in [-0.2, 0) is 9.53 Å². The largest absolute Gasteiger partial charge is 0.466 e. The van der Waals surface area contributed by atoms with Gasteiger partial charge in [0.25, 0.3) is 0 Å². The van der Waals surface area contributed by atoms with E-state index in [1.807, 2.05) is 6.92 Å². The quantitative estimate of drug-likeness (QED) is 0.660. The summed E-state index contributed by atoms with van der Waals surface area (Å²) in [6, 6.07) is 0. The molecule has 0 heterocycles. The molecule has 21 heavy (non-hydrogen) atoms. The highest BCUT2D eigenvalue weighted by Crippen LogP contribution is 2.71. The second-order valence-electron chi connectivity index (χ2n) is 7.10. The Hall–Kier alpha value is -0.910. The van der Waals surface area contributed by atoms with Crippen LogP contribution in [0.4, 0.5) is 0 Å². The number of ether oxygens (including phenoxy) is 1. The van der Waals surface area contributed by atoms with Gasteiger partial charge in [0.05, 0.1) is 13.2 Å². The molecular formula is C16H24O5. The van der Waals surface area contributed by atoms with Gasteiger partial charge >= 0.3 is 5.97 Å². The smallest absolute Gasteiger partial charge is 0.333 e. The monoisotopic (exact) mass is 296 g/mol. The van der Waals surface area contributed by atoms with Crippen LogP contribution < -0.4 is 0 Å². The third kappa shape index (κ3) is 1.65. The molecular weight excluding hydrogens is 272 g/mol. The van der Waals surface area contributed by atoms with Crippen LogP contribution in [0.3, 0.4) is 0 Å². The summed E-state index contributed by atoms with van der Waals surface area (Å²) in [4.78, 5) is 12.0. The van der Waals surface area contributed by atoms with Gasteiger partial charge in [0.15, 0.2) is 0 Å². The van der Waals surface area contributed by atoms with E-state index < -0.39 is 22.9 Å². The normalized spacial score (nSPS) is 48.0. The van der Waals surface area contributed by atoms with Crippen LogP contribution in [0.1, 0.15) is 26.2 Å². The molecule has 0 aromatic heterocycles. The van der Waals surface area contributed by atoms with Crippen molar-refractivity contribution in [2.45, 2.75) is 32.3 Å². The van der Waals surface area contributed by atoms with Gasteiger partial charge in [-0.2, -0.15) is 0 Å². The number of hydrogen-bond donors (Lipinski definition) is 3. The molecule has 5 heteroatoms. The van der Waals surface area contributed by atoms with Crippen LogP contribution in [0, 0.1) is 28.6 Å². The lowest BCUT2D eigenvalue weighted by Gasteiger charge is -2.41. The highest BCUT2D eigenvalue weighted by atomic mass is 16.5. The maximum atomic E-state index is 12.0. The van der Waals surface area contributed by atoms with Crippen molar-refractivity contribution in [1.82, 2.24) is 0 Å². The van der Waals surface area contributed by atoms with Crippen LogP contribution in [0.25, 0.3) is 0 Å². The second kappa shape index (κ2) is 4.80. The first-order valence-electron chi connectivity index (χ1n) is 7.65. The minimum Gasteiger partial charge on any atom is -0.466 e. The SMILES string of the molecule is COC(=O)C1=CC(O)C23CC1C(C)(CO)C2CCC3CO. The topological polar surface area (TPSA) is 87.0 Å². The fourth-order valence-corrected chi connectivity index (χ4v) is 5.56. The number of aliphatic hydroxyl groups is 3. The van der Waals surface area contributed by atoms with Crippen molar-refractivity contribution in [3.05, 3.63) is 11.6 Å². The lowest BCUT2D eigenvalue weighted by Crippen LogP contribution is -2.44. The molecule has 118 valence electrons. The van der Waals surface area contributed by atoms with Crippen molar-refractivity contribution in [3.8, 4) is 0 Å². The first-order chi connectivity index (χ1) is 9.95. The summed E-state index contributed by atoms with van der Waals surface area (Å²) in [5.41, 5.74) is -0.367. The molecule has 6 unspecified atom stereocenters. The lowest BCUT2D eigenvalue weighted by atomic mass is 9.66. The Kier molecular flexibility index (Phi) is 3.43. The minimum absolute atomic E-state index is 0.0245. The highest BCUT2D eigenvalue weighted by Gasteiger charge is 2.69. The van der Waals surface area contributed by atoms with Gasteiger partial charge in [-0.25, -0.2) is 4.79 Å². The van der Waals surface area contributed by atoms with Gasteiger partial charge < -0.3 is 20.1 Å². The van der Waals surface area contributed by atoms with Gasteiger partial charge in [0.2, 0.25) is 0 Å². The Bertz CT molecular complexity index is 487. The van der Waals surface area contributed by atoms with Crippen LogP contribution in [-0.4, -0.2) is 47.7 Å². The summed E-state index contributed by atoms with van der Waals surface area (Å²) >= 11 is 0. The zero-order valence-corrected chi connectivity index (χ0v) is 12.6. The number of carbonyl (C=O) groups excluding carboxylic acids is 1.